The van der Waals surface area contributed by atoms with E-state index in [1.54, 1.807) is 0 Å². The van der Waals surface area contributed by atoms with Crippen LogP contribution in [0.25, 0.3) is 22.7 Å². The zero-order valence-electron chi connectivity index (χ0n) is 8.81. The number of nitrogens with zero attached hydrogens (tertiary/aromatic N) is 1. The molecule has 0 aliphatic carbocycles. The van der Waals surface area contributed by atoms with Gasteiger partial charge in [-0.3, -0.25) is 19.6 Å². The first-order valence-electron chi connectivity index (χ1n) is 4.95. The predicted molar refractivity (Wildman–Crippen MR) is 60.4 cm³/mol. The highest BCUT2D eigenvalue weighted by Crippen LogP contribution is 2.19. The Balaban J connectivity index is 2.25. The molecule has 0 spiro atoms. The lowest BCUT2D eigenvalue weighted by Crippen LogP contribution is -2.21. The topological polar surface area (TPSA) is 125 Å². The first kappa shape index (κ1) is 10.3. The van der Waals surface area contributed by atoms with Crippen molar-refractivity contribution in [2.45, 2.75) is 0 Å². The van der Waals surface area contributed by atoms with Gasteiger partial charge < -0.3 is 9.40 Å². The van der Waals surface area contributed by atoms with Crippen LogP contribution in [0.1, 0.15) is 10.6 Å². The summed E-state index contributed by atoms with van der Waals surface area (Å²) in [5.41, 5.74) is -0.954. The van der Waals surface area contributed by atoms with Crippen LogP contribution in [0.2, 0.25) is 0 Å². The Hall–Kier alpha value is -2.90. The van der Waals surface area contributed by atoms with Gasteiger partial charge >= 0.3 is 5.69 Å². The zero-order chi connectivity index (χ0) is 12.7. The lowest BCUT2D eigenvalue weighted by atomic mass is 10.4. The molecule has 3 N–H and O–H groups in total. The van der Waals surface area contributed by atoms with Crippen molar-refractivity contribution in [1.29, 1.82) is 0 Å². The lowest BCUT2D eigenvalue weighted by Gasteiger charge is -1.86. The molecule has 0 amide bonds. The smallest absolute Gasteiger partial charge is 0.327 e. The summed E-state index contributed by atoms with van der Waals surface area (Å²) in [5, 5.41) is 0. The van der Waals surface area contributed by atoms with Crippen molar-refractivity contribution in [1.82, 2.24) is 19.9 Å². The molecule has 3 heterocycles. The van der Waals surface area contributed by atoms with E-state index in [2.05, 4.69) is 19.9 Å². The van der Waals surface area contributed by atoms with Gasteiger partial charge in [-0.1, -0.05) is 0 Å². The molecular weight excluding hydrogens is 240 g/mol. The molecule has 0 aliphatic heterocycles. The summed E-state index contributed by atoms with van der Waals surface area (Å²) in [6, 6.07) is 3.01. The van der Waals surface area contributed by atoms with Crippen molar-refractivity contribution in [3.05, 3.63) is 38.7 Å². The summed E-state index contributed by atoms with van der Waals surface area (Å²) >= 11 is 0. The van der Waals surface area contributed by atoms with E-state index in [4.69, 9.17) is 4.42 Å². The molecule has 0 aliphatic rings. The number of carbonyl (C=O) groups excluding carboxylic acids is 1. The summed E-state index contributed by atoms with van der Waals surface area (Å²) in [4.78, 5) is 44.2. The van der Waals surface area contributed by atoms with Crippen LogP contribution in [0, 0.1) is 0 Å². The van der Waals surface area contributed by atoms with E-state index < -0.39 is 11.2 Å². The van der Waals surface area contributed by atoms with E-state index in [0.29, 0.717) is 12.0 Å². The van der Waals surface area contributed by atoms with Gasteiger partial charge in [0.2, 0.25) is 0 Å². The normalized spacial score (nSPS) is 10.9. The van der Waals surface area contributed by atoms with Crippen molar-refractivity contribution in [3.8, 4) is 11.6 Å². The van der Waals surface area contributed by atoms with E-state index in [-0.39, 0.29) is 22.7 Å². The molecule has 18 heavy (non-hydrogen) atoms. The standard InChI is InChI=1S/C10H6N4O4/c15-3-4-1-2-5(18-4)7-11-6-8(12-7)13-10(17)14-9(6)16/h1-3H,(H3,11,12,13,14,16,17). The van der Waals surface area contributed by atoms with Crippen LogP contribution in [-0.2, 0) is 0 Å². The van der Waals surface area contributed by atoms with Crippen molar-refractivity contribution in [3.63, 3.8) is 0 Å². The predicted octanol–water partition coefficient (Wildman–Crippen LogP) is 0.0120. The average molecular weight is 246 g/mol. The summed E-state index contributed by atoms with van der Waals surface area (Å²) in [5.74, 6) is 0.701. The molecule has 0 aromatic carbocycles. The number of aromatic nitrogens is 4. The minimum Gasteiger partial charge on any atom is -0.450 e. The van der Waals surface area contributed by atoms with Crippen molar-refractivity contribution >= 4 is 17.5 Å². The zero-order valence-corrected chi connectivity index (χ0v) is 8.81. The largest absolute Gasteiger partial charge is 0.450 e. The maximum absolute atomic E-state index is 11.5. The Bertz CT molecular complexity index is 851. The third kappa shape index (κ3) is 1.47. The highest BCUT2D eigenvalue weighted by Gasteiger charge is 2.12. The Labute approximate surface area is 97.7 Å². The van der Waals surface area contributed by atoms with Gasteiger partial charge in [0, 0.05) is 0 Å². The van der Waals surface area contributed by atoms with Crippen LogP contribution in [0.3, 0.4) is 0 Å². The van der Waals surface area contributed by atoms with Gasteiger partial charge in [-0.2, -0.15) is 0 Å². The molecule has 0 bridgehead atoms. The number of fused-ring (bicyclic) bond motifs is 1. The second-order valence-electron chi connectivity index (χ2n) is 3.54. The monoisotopic (exact) mass is 246 g/mol. The van der Waals surface area contributed by atoms with Crippen LogP contribution < -0.4 is 11.2 Å². The molecule has 0 fully saturated rings. The van der Waals surface area contributed by atoms with E-state index >= 15 is 0 Å². The first-order chi connectivity index (χ1) is 8.67. The number of rotatable bonds is 2. The number of nitrogens with one attached hydrogen (secondary N) is 3. The highest BCUT2D eigenvalue weighted by atomic mass is 16.3. The third-order valence-electron chi connectivity index (χ3n) is 2.37. The summed E-state index contributed by atoms with van der Waals surface area (Å²) in [7, 11) is 0. The minimum atomic E-state index is -0.640. The molecule has 0 atom stereocenters. The summed E-state index contributed by atoms with van der Waals surface area (Å²) < 4.78 is 5.15. The number of hydrogen-bond donors (Lipinski definition) is 3. The van der Waals surface area contributed by atoms with Crippen molar-refractivity contribution in [2.75, 3.05) is 0 Å². The maximum Gasteiger partial charge on any atom is 0.327 e. The number of aldehydes is 1. The summed E-state index contributed by atoms with van der Waals surface area (Å²) in [6.07, 6.45) is 0.556. The van der Waals surface area contributed by atoms with Gasteiger partial charge in [-0.05, 0) is 12.1 Å². The number of hydrogen-bond acceptors (Lipinski definition) is 5. The van der Waals surface area contributed by atoms with Crippen molar-refractivity contribution in [2.24, 2.45) is 0 Å². The number of imidazole rings is 1. The van der Waals surface area contributed by atoms with Gasteiger partial charge in [0.1, 0.15) is 5.52 Å². The van der Waals surface area contributed by atoms with Gasteiger partial charge in [-0.15, -0.1) is 0 Å². The molecule has 0 saturated carbocycles. The SMILES string of the molecule is O=Cc1ccc(-c2nc3[nH]c(=O)[nH]c(=O)c3[nH]2)o1. The fourth-order valence-electron chi connectivity index (χ4n) is 1.59. The van der Waals surface area contributed by atoms with Crippen LogP contribution in [0.15, 0.2) is 26.1 Å². The van der Waals surface area contributed by atoms with Crippen LogP contribution in [0.4, 0.5) is 0 Å². The second kappa shape index (κ2) is 3.55. The Morgan fingerprint density at radius 1 is 1.17 bits per heavy atom. The van der Waals surface area contributed by atoms with E-state index in [1.807, 2.05) is 0 Å². The van der Waals surface area contributed by atoms with E-state index in [0.717, 1.165) is 0 Å². The number of carbonyl (C=O) groups is 1. The molecule has 90 valence electrons. The minimum absolute atomic E-state index is 0.128. The molecule has 0 unspecified atom stereocenters. The fraction of sp³-hybridized carbons (Fsp3) is 0. The van der Waals surface area contributed by atoms with Crippen LogP contribution >= 0.6 is 0 Å². The maximum atomic E-state index is 11.5. The van der Waals surface area contributed by atoms with Gasteiger partial charge in [-0.25, -0.2) is 9.78 Å². The van der Waals surface area contributed by atoms with Crippen LogP contribution in [0.5, 0.6) is 0 Å². The molecule has 3 aromatic heterocycles. The number of aromatic amines is 3. The molecular formula is C10H6N4O4. The molecule has 3 aromatic rings. The third-order valence-corrected chi connectivity index (χ3v) is 2.37. The number of H-pyrrole nitrogens is 3. The van der Waals surface area contributed by atoms with Gasteiger partial charge in [0.25, 0.3) is 5.56 Å². The van der Waals surface area contributed by atoms with Gasteiger partial charge in [0.05, 0.1) is 0 Å². The molecule has 8 heteroatoms. The van der Waals surface area contributed by atoms with E-state index in [9.17, 15) is 14.4 Å². The molecule has 8 nitrogen and oxygen atoms in total. The highest BCUT2D eigenvalue weighted by molar-refractivity contribution is 5.75. The number of furan rings is 1. The molecule has 0 radical (unpaired) electrons. The summed E-state index contributed by atoms with van der Waals surface area (Å²) in [6.45, 7) is 0. The van der Waals surface area contributed by atoms with Crippen molar-refractivity contribution < 1.29 is 9.21 Å². The first-order valence-corrected chi connectivity index (χ1v) is 4.95. The fourth-order valence-corrected chi connectivity index (χ4v) is 1.59. The second-order valence-corrected chi connectivity index (χ2v) is 3.54. The Morgan fingerprint density at radius 3 is 2.72 bits per heavy atom. The lowest BCUT2D eigenvalue weighted by molar-refractivity contribution is 0.110. The molecule has 0 saturated heterocycles. The quantitative estimate of drug-likeness (QED) is 0.549. The Kier molecular flexibility index (Phi) is 2.03. The Morgan fingerprint density at radius 2 is 2.00 bits per heavy atom. The molecule has 3 rings (SSSR count). The van der Waals surface area contributed by atoms with E-state index in [1.165, 1.54) is 12.1 Å². The van der Waals surface area contributed by atoms with Gasteiger partial charge in [0.15, 0.2) is 29.3 Å². The average Bonchev–Trinajstić information content (AvgIpc) is 2.93. The van der Waals surface area contributed by atoms with Crippen LogP contribution in [-0.4, -0.2) is 26.2 Å².